The first-order chi connectivity index (χ1) is 6.90. The summed E-state index contributed by atoms with van der Waals surface area (Å²) in [5.74, 6) is -0.528. The van der Waals surface area contributed by atoms with Gasteiger partial charge in [-0.3, -0.25) is 0 Å². The number of para-hydroxylation sites is 1. The maximum Gasteiger partial charge on any atom is 0.339 e. The van der Waals surface area contributed by atoms with Crippen LogP contribution in [0.1, 0.15) is 31.1 Å². The fourth-order valence-corrected chi connectivity index (χ4v) is 1.06. The van der Waals surface area contributed by atoms with Crippen molar-refractivity contribution in [1.82, 2.24) is 0 Å². The lowest BCUT2D eigenvalue weighted by atomic mass is 9.98. The lowest BCUT2D eigenvalue weighted by Gasteiger charge is -2.19. The maximum atomic E-state index is 10.9. The van der Waals surface area contributed by atoms with Gasteiger partial charge in [-0.25, -0.2) is 4.79 Å². The van der Waals surface area contributed by atoms with Crippen LogP contribution in [-0.4, -0.2) is 17.7 Å². The summed E-state index contributed by atoms with van der Waals surface area (Å²) in [6.07, 6.45) is 0. The average Bonchev–Trinajstić information content (AvgIpc) is 2.14. The predicted octanol–water partition coefficient (Wildman–Crippen LogP) is 2.81. The average molecular weight is 208 g/mol. The number of rotatable bonds is 3. The number of benzene rings is 1. The molecule has 0 atom stereocenters. The van der Waals surface area contributed by atoms with E-state index in [-0.39, 0.29) is 11.0 Å². The first-order valence-corrected chi connectivity index (χ1v) is 4.85. The van der Waals surface area contributed by atoms with Gasteiger partial charge >= 0.3 is 5.97 Å². The highest BCUT2D eigenvalue weighted by atomic mass is 16.5. The second-order valence-electron chi connectivity index (χ2n) is 4.65. The van der Waals surface area contributed by atoms with Gasteiger partial charge in [0.2, 0.25) is 0 Å². The van der Waals surface area contributed by atoms with Crippen LogP contribution in [0.4, 0.5) is 0 Å². The molecule has 0 aliphatic carbocycles. The minimum absolute atomic E-state index is 0.0195. The molecule has 1 rings (SSSR count). The molecule has 0 saturated heterocycles. The van der Waals surface area contributed by atoms with Gasteiger partial charge in [0.15, 0.2) is 0 Å². The molecule has 0 radical (unpaired) electrons. The van der Waals surface area contributed by atoms with Crippen LogP contribution < -0.4 is 4.74 Å². The smallest absolute Gasteiger partial charge is 0.339 e. The van der Waals surface area contributed by atoms with Gasteiger partial charge in [0.05, 0.1) is 6.61 Å². The third-order valence-corrected chi connectivity index (χ3v) is 1.78. The highest BCUT2D eigenvalue weighted by Crippen LogP contribution is 2.21. The molecule has 0 aliphatic rings. The van der Waals surface area contributed by atoms with Crippen molar-refractivity contribution in [2.45, 2.75) is 20.8 Å². The third kappa shape index (κ3) is 3.62. The number of hydrogen-bond acceptors (Lipinski definition) is 2. The van der Waals surface area contributed by atoms with Crippen molar-refractivity contribution < 1.29 is 14.6 Å². The molecule has 15 heavy (non-hydrogen) atoms. The Bertz CT molecular complexity index is 350. The number of hydrogen-bond donors (Lipinski definition) is 1. The summed E-state index contributed by atoms with van der Waals surface area (Å²) in [6, 6.07) is 6.67. The predicted molar refractivity (Wildman–Crippen MR) is 58.4 cm³/mol. The van der Waals surface area contributed by atoms with E-state index in [2.05, 4.69) is 0 Å². The lowest BCUT2D eigenvalue weighted by molar-refractivity contribution is 0.0689. The summed E-state index contributed by atoms with van der Waals surface area (Å²) < 4.78 is 5.48. The van der Waals surface area contributed by atoms with E-state index in [1.807, 2.05) is 20.8 Å². The van der Waals surface area contributed by atoms with Gasteiger partial charge in [0.1, 0.15) is 11.3 Å². The first-order valence-electron chi connectivity index (χ1n) is 4.85. The zero-order valence-electron chi connectivity index (χ0n) is 9.28. The molecule has 0 unspecified atom stereocenters. The summed E-state index contributed by atoms with van der Waals surface area (Å²) in [5, 5.41) is 8.92. The number of aromatic carboxylic acids is 1. The maximum absolute atomic E-state index is 10.9. The van der Waals surface area contributed by atoms with E-state index < -0.39 is 5.97 Å². The lowest BCUT2D eigenvalue weighted by Crippen LogP contribution is -2.18. The normalized spacial score (nSPS) is 11.1. The van der Waals surface area contributed by atoms with Crippen molar-refractivity contribution in [1.29, 1.82) is 0 Å². The van der Waals surface area contributed by atoms with Gasteiger partial charge in [-0.05, 0) is 17.5 Å². The summed E-state index contributed by atoms with van der Waals surface area (Å²) in [7, 11) is 0. The Labute approximate surface area is 89.7 Å². The van der Waals surface area contributed by atoms with Gasteiger partial charge in [0, 0.05) is 0 Å². The summed E-state index contributed by atoms with van der Waals surface area (Å²) in [6.45, 7) is 6.61. The Balaban J connectivity index is 2.81. The number of carboxylic acids is 1. The van der Waals surface area contributed by atoms with Crippen LogP contribution in [0.15, 0.2) is 24.3 Å². The third-order valence-electron chi connectivity index (χ3n) is 1.78. The van der Waals surface area contributed by atoms with Crippen molar-refractivity contribution >= 4 is 5.97 Å². The van der Waals surface area contributed by atoms with E-state index in [4.69, 9.17) is 9.84 Å². The van der Waals surface area contributed by atoms with E-state index in [1.165, 1.54) is 0 Å². The molecular formula is C12H16O3. The summed E-state index contributed by atoms with van der Waals surface area (Å²) in [5.41, 5.74) is 0.229. The Morgan fingerprint density at radius 2 is 1.93 bits per heavy atom. The molecule has 1 N–H and O–H groups in total. The summed E-state index contributed by atoms with van der Waals surface area (Å²) >= 11 is 0. The highest BCUT2D eigenvalue weighted by molar-refractivity contribution is 5.90. The van der Waals surface area contributed by atoms with Crippen LogP contribution in [0, 0.1) is 5.41 Å². The molecule has 82 valence electrons. The van der Waals surface area contributed by atoms with Crippen LogP contribution in [0.25, 0.3) is 0 Å². The highest BCUT2D eigenvalue weighted by Gasteiger charge is 2.14. The molecule has 3 heteroatoms. The number of carbonyl (C=O) groups is 1. The minimum atomic E-state index is -0.959. The van der Waals surface area contributed by atoms with E-state index in [0.717, 1.165) is 0 Å². The van der Waals surface area contributed by atoms with Crippen LogP contribution >= 0.6 is 0 Å². The van der Waals surface area contributed by atoms with Gasteiger partial charge in [-0.1, -0.05) is 32.9 Å². The Kier molecular flexibility index (Phi) is 3.35. The van der Waals surface area contributed by atoms with Gasteiger partial charge in [-0.15, -0.1) is 0 Å². The number of carboxylic acid groups (broad SMARTS) is 1. The fraction of sp³-hybridized carbons (Fsp3) is 0.417. The Morgan fingerprint density at radius 1 is 1.33 bits per heavy atom. The Hall–Kier alpha value is -1.51. The fourth-order valence-electron chi connectivity index (χ4n) is 1.06. The van der Waals surface area contributed by atoms with Crippen molar-refractivity contribution in [3.63, 3.8) is 0 Å². The molecule has 1 aromatic rings. The first kappa shape index (κ1) is 11.6. The van der Waals surface area contributed by atoms with Crippen LogP contribution in [-0.2, 0) is 0 Å². The van der Waals surface area contributed by atoms with E-state index in [9.17, 15) is 4.79 Å². The van der Waals surface area contributed by atoms with E-state index in [1.54, 1.807) is 24.3 Å². The molecule has 0 aliphatic heterocycles. The minimum Gasteiger partial charge on any atom is -0.492 e. The molecule has 1 aromatic carbocycles. The zero-order chi connectivity index (χ0) is 11.5. The largest absolute Gasteiger partial charge is 0.492 e. The molecule has 0 amide bonds. The van der Waals surface area contributed by atoms with Crippen molar-refractivity contribution in [2.24, 2.45) is 5.41 Å². The molecule has 0 saturated carbocycles. The second kappa shape index (κ2) is 4.34. The summed E-state index contributed by atoms with van der Waals surface area (Å²) in [4.78, 5) is 10.9. The van der Waals surface area contributed by atoms with Gasteiger partial charge in [-0.2, -0.15) is 0 Å². The molecule has 0 fully saturated rings. The molecule has 0 heterocycles. The zero-order valence-corrected chi connectivity index (χ0v) is 9.28. The van der Waals surface area contributed by atoms with E-state index in [0.29, 0.717) is 12.4 Å². The Morgan fingerprint density at radius 3 is 2.47 bits per heavy atom. The van der Waals surface area contributed by atoms with E-state index >= 15 is 0 Å². The SMILES string of the molecule is CC(C)(C)COc1ccccc1C(=O)O. The van der Waals surface area contributed by atoms with Crippen molar-refractivity contribution in [3.8, 4) is 5.75 Å². The molecule has 0 bridgehead atoms. The van der Waals surface area contributed by atoms with Crippen LogP contribution in [0.5, 0.6) is 5.75 Å². The van der Waals surface area contributed by atoms with Gasteiger partial charge in [0.25, 0.3) is 0 Å². The monoisotopic (exact) mass is 208 g/mol. The topological polar surface area (TPSA) is 46.5 Å². The quantitative estimate of drug-likeness (QED) is 0.830. The van der Waals surface area contributed by atoms with Crippen molar-refractivity contribution in [2.75, 3.05) is 6.61 Å². The second-order valence-corrected chi connectivity index (χ2v) is 4.65. The molecular weight excluding hydrogens is 192 g/mol. The number of ether oxygens (including phenoxy) is 1. The van der Waals surface area contributed by atoms with Crippen LogP contribution in [0.2, 0.25) is 0 Å². The molecule has 3 nitrogen and oxygen atoms in total. The van der Waals surface area contributed by atoms with Crippen LogP contribution in [0.3, 0.4) is 0 Å². The molecule has 0 aromatic heterocycles. The van der Waals surface area contributed by atoms with Crippen molar-refractivity contribution in [3.05, 3.63) is 29.8 Å². The van der Waals surface area contributed by atoms with Gasteiger partial charge < -0.3 is 9.84 Å². The molecule has 0 spiro atoms. The standard InChI is InChI=1S/C12H16O3/c1-12(2,3)8-15-10-7-5-4-6-9(10)11(13)14/h4-7H,8H2,1-3H3,(H,13,14).